The van der Waals surface area contributed by atoms with Crippen molar-refractivity contribution in [1.29, 1.82) is 0 Å². The summed E-state index contributed by atoms with van der Waals surface area (Å²) in [7, 11) is 0. The van der Waals surface area contributed by atoms with Crippen LogP contribution in [0.3, 0.4) is 0 Å². The molecule has 0 aliphatic carbocycles. The molecule has 3 aromatic carbocycles. The van der Waals surface area contributed by atoms with E-state index in [1.54, 1.807) is 0 Å². The molecule has 3 N–H and O–H groups in total. The van der Waals surface area contributed by atoms with Gasteiger partial charge < -0.3 is 15.6 Å². The van der Waals surface area contributed by atoms with Crippen LogP contribution < -0.4 is 10.5 Å². The van der Waals surface area contributed by atoms with Gasteiger partial charge in [-0.15, -0.1) is 0 Å². The summed E-state index contributed by atoms with van der Waals surface area (Å²) in [6, 6.07) is 22.0. The summed E-state index contributed by atoms with van der Waals surface area (Å²) in [4.78, 5) is 4.87. The van der Waals surface area contributed by atoms with Crippen LogP contribution in [0.15, 0.2) is 71.2 Å². The Morgan fingerprint density at radius 1 is 1.04 bits per heavy atom. The Morgan fingerprint density at radius 3 is 2.54 bits per heavy atom. The third-order valence-electron chi connectivity index (χ3n) is 4.55. The zero-order chi connectivity index (χ0) is 19.5. The zero-order valence-corrected chi connectivity index (χ0v) is 16.8. The molecule has 4 aromatic rings. The first-order valence-electron chi connectivity index (χ1n) is 9.01. The number of rotatable bonds is 6. The second kappa shape index (κ2) is 8.14. The normalized spacial score (nSPS) is 11.1. The van der Waals surface area contributed by atoms with Gasteiger partial charge in [0.1, 0.15) is 18.2 Å². The van der Waals surface area contributed by atoms with Gasteiger partial charge in [-0.05, 0) is 54.1 Å². The van der Waals surface area contributed by atoms with Gasteiger partial charge in [0.2, 0.25) is 0 Å². The molecule has 0 fully saturated rings. The molecule has 0 spiro atoms. The van der Waals surface area contributed by atoms with Crippen molar-refractivity contribution in [2.45, 2.75) is 6.54 Å². The molecule has 0 radical (unpaired) electrons. The molecule has 142 valence electrons. The summed E-state index contributed by atoms with van der Waals surface area (Å²) < 4.78 is 8.58. The average molecular weight is 438 g/mol. The van der Waals surface area contributed by atoms with Gasteiger partial charge >= 0.3 is 0 Å². The van der Waals surface area contributed by atoms with Gasteiger partial charge in [-0.2, -0.15) is 0 Å². The van der Waals surface area contributed by atoms with Crippen LogP contribution in [0.4, 0.5) is 0 Å². The van der Waals surface area contributed by atoms with Crippen LogP contribution in [0.5, 0.6) is 5.75 Å². The van der Waals surface area contributed by atoms with Crippen LogP contribution in [0, 0.1) is 0 Å². The zero-order valence-electron chi connectivity index (χ0n) is 15.2. The minimum atomic E-state index is -0.00871. The minimum absolute atomic E-state index is 0.00871. The molecular weight excluding hydrogens is 418 g/mol. The van der Waals surface area contributed by atoms with Crippen LogP contribution in [0.2, 0.25) is 0 Å². The summed E-state index contributed by atoms with van der Waals surface area (Å²) in [5, 5.41) is 8.91. The van der Waals surface area contributed by atoms with E-state index < -0.39 is 0 Å². The number of hydrogen-bond acceptors (Lipinski definition) is 4. The first kappa shape index (κ1) is 18.7. The van der Waals surface area contributed by atoms with Crippen molar-refractivity contribution in [1.82, 2.24) is 9.55 Å². The number of ether oxygens (including phenoxy) is 1. The van der Waals surface area contributed by atoms with E-state index in [0.29, 0.717) is 6.54 Å². The van der Waals surface area contributed by atoms with Crippen LogP contribution in [-0.2, 0) is 6.54 Å². The standard InChI is InChI=1S/C22H20BrN3O2/c23-19-13-17(8-5-16(19)14-24)26-21-4-2-1-3-20(21)25-22(26)15-6-9-18(10-7-15)28-12-11-27/h1-10,13,27H,11-12,14,24H2. The lowest BCUT2D eigenvalue weighted by Crippen LogP contribution is -2.02. The molecule has 6 heteroatoms. The van der Waals surface area contributed by atoms with Crippen molar-refractivity contribution in [3.8, 4) is 22.8 Å². The molecule has 1 heterocycles. The molecule has 0 saturated carbocycles. The van der Waals surface area contributed by atoms with Gasteiger partial charge in [-0.25, -0.2) is 4.98 Å². The van der Waals surface area contributed by atoms with E-state index in [2.05, 4.69) is 38.7 Å². The molecule has 0 amide bonds. The van der Waals surface area contributed by atoms with Crippen molar-refractivity contribution in [3.63, 3.8) is 0 Å². The lowest BCUT2D eigenvalue weighted by molar-refractivity contribution is 0.201. The number of aliphatic hydroxyl groups is 1. The Hall–Kier alpha value is -2.67. The summed E-state index contributed by atoms with van der Waals surface area (Å²) in [5.41, 5.74) is 10.8. The van der Waals surface area contributed by atoms with E-state index in [0.717, 1.165) is 43.9 Å². The first-order chi connectivity index (χ1) is 13.7. The Morgan fingerprint density at radius 2 is 1.82 bits per heavy atom. The van der Waals surface area contributed by atoms with Crippen molar-refractivity contribution >= 4 is 27.0 Å². The van der Waals surface area contributed by atoms with Gasteiger partial charge in [-0.3, -0.25) is 4.57 Å². The van der Waals surface area contributed by atoms with E-state index in [-0.39, 0.29) is 13.2 Å². The van der Waals surface area contributed by atoms with Crippen molar-refractivity contribution in [2.75, 3.05) is 13.2 Å². The molecule has 28 heavy (non-hydrogen) atoms. The van der Waals surface area contributed by atoms with Gasteiger partial charge in [0, 0.05) is 22.3 Å². The van der Waals surface area contributed by atoms with Crippen LogP contribution in [0.1, 0.15) is 5.56 Å². The Balaban J connectivity index is 1.85. The number of benzene rings is 3. The molecular formula is C22H20BrN3O2. The molecule has 0 saturated heterocycles. The quantitative estimate of drug-likeness (QED) is 0.471. The summed E-state index contributed by atoms with van der Waals surface area (Å²) >= 11 is 3.62. The van der Waals surface area contributed by atoms with Crippen molar-refractivity contribution < 1.29 is 9.84 Å². The van der Waals surface area contributed by atoms with Crippen molar-refractivity contribution in [3.05, 3.63) is 76.8 Å². The Labute approximate surface area is 171 Å². The number of aromatic nitrogens is 2. The van der Waals surface area contributed by atoms with Crippen LogP contribution in [-0.4, -0.2) is 27.9 Å². The highest BCUT2D eigenvalue weighted by atomic mass is 79.9. The smallest absolute Gasteiger partial charge is 0.145 e. The number of hydrogen-bond donors (Lipinski definition) is 2. The van der Waals surface area contributed by atoms with Gasteiger partial charge in [0.15, 0.2) is 0 Å². The average Bonchev–Trinajstić information content (AvgIpc) is 3.12. The number of nitrogens with two attached hydrogens (primary N) is 1. The molecule has 0 aliphatic rings. The molecule has 4 rings (SSSR count). The maximum atomic E-state index is 8.91. The number of para-hydroxylation sites is 2. The molecule has 0 bridgehead atoms. The molecule has 5 nitrogen and oxygen atoms in total. The fraction of sp³-hybridized carbons (Fsp3) is 0.136. The lowest BCUT2D eigenvalue weighted by Gasteiger charge is -2.12. The topological polar surface area (TPSA) is 73.3 Å². The Bertz CT molecular complexity index is 1110. The van der Waals surface area contributed by atoms with Gasteiger partial charge in [-0.1, -0.05) is 34.1 Å². The predicted molar refractivity (Wildman–Crippen MR) is 115 cm³/mol. The van der Waals surface area contributed by atoms with E-state index >= 15 is 0 Å². The van der Waals surface area contributed by atoms with E-state index in [9.17, 15) is 0 Å². The number of imidazole rings is 1. The first-order valence-corrected chi connectivity index (χ1v) is 9.81. The highest BCUT2D eigenvalue weighted by molar-refractivity contribution is 9.10. The third kappa shape index (κ3) is 3.54. The number of fused-ring (bicyclic) bond motifs is 1. The second-order valence-corrected chi connectivity index (χ2v) is 7.19. The maximum absolute atomic E-state index is 8.91. The molecule has 0 unspecified atom stereocenters. The second-order valence-electron chi connectivity index (χ2n) is 6.34. The van der Waals surface area contributed by atoms with E-state index in [1.807, 2.05) is 48.5 Å². The third-order valence-corrected chi connectivity index (χ3v) is 5.29. The fourth-order valence-corrected chi connectivity index (χ4v) is 3.71. The maximum Gasteiger partial charge on any atom is 0.145 e. The molecule has 1 aromatic heterocycles. The molecule has 0 aliphatic heterocycles. The number of halogens is 1. The SMILES string of the molecule is NCc1ccc(-n2c(-c3ccc(OCCO)cc3)nc3ccccc32)cc1Br. The lowest BCUT2D eigenvalue weighted by atomic mass is 10.1. The number of aliphatic hydroxyl groups excluding tert-OH is 1. The Kier molecular flexibility index (Phi) is 5.43. The fourth-order valence-electron chi connectivity index (χ4n) is 3.19. The van der Waals surface area contributed by atoms with E-state index in [1.165, 1.54) is 0 Å². The summed E-state index contributed by atoms with van der Waals surface area (Å²) in [5.74, 6) is 1.57. The van der Waals surface area contributed by atoms with Crippen LogP contribution >= 0.6 is 15.9 Å². The summed E-state index contributed by atoms with van der Waals surface area (Å²) in [6.45, 7) is 0.748. The minimum Gasteiger partial charge on any atom is -0.491 e. The van der Waals surface area contributed by atoms with Gasteiger partial charge in [0.05, 0.1) is 17.6 Å². The van der Waals surface area contributed by atoms with Crippen molar-refractivity contribution in [2.24, 2.45) is 5.73 Å². The molecule has 0 atom stereocenters. The predicted octanol–water partition coefficient (Wildman–Crippen LogP) is 4.28. The monoisotopic (exact) mass is 437 g/mol. The largest absolute Gasteiger partial charge is 0.491 e. The number of nitrogens with zero attached hydrogens (tertiary/aromatic N) is 2. The van der Waals surface area contributed by atoms with E-state index in [4.69, 9.17) is 20.6 Å². The van der Waals surface area contributed by atoms with Crippen LogP contribution in [0.25, 0.3) is 28.1 Å². The summed E-state index contributed by atoms with van der Waals surface area (Å²) in [6.07, 6.45) is 0. The highest BCUT2D eigenvalue weighted by Crippen LogP contribution is 2.31. The van der Waals surface area contributed by atoms with Gasteiger partial charge in [0.25, 0.3) is 0 Å². The highest BCUT2D eigenvalue weighted by Gasteiger charge is 2.15.